The summed E-state index contributed by atoms with van der Waals surface area (Å²) >= 11 is 0. The molecule has 1 aliphatic heterocycles. The zero-order valence-corrected chi connectivity index (χ0v) is 15.8. The molecule has 0 bridgehead atoms. The highest BCUT2D eigenvalue weighted by atomic mass is 19.4. The third kappa shape index (κ3) is 3.58. The van der Waals surface area contributed by atoms with Crippen molar-refractivity contribution in [3.8, 4) is 0 Å². The van der Waals surface area contributed by atoms with E-state index in [-0.39, 0.29) is 23.2 Å². The summed E-state index contributed by atoms with van der Waals surface area (Å²) < 4.78 is 40.1. The lowest BCUT2D eigenvalue weighted by Crippen LogP contribution is -2.29. The summed E-state index contributed by atoms with van der Waals surface area (Å²) in [6.07, 6.45) is 0.340. The number of carbonyl (C=O) groups is 2. The zero-order valence-electron chi connectivity index (χ0n) is 15.8. The van der Waals surface area contributed by atoms with Gasteiger partial charge >= 0.3 is 6.18 Å². The van der Waals surface area contributed by atoms with Crippen LogP contribution in [0.2, 0.25) is 0 Å². The minimum atomic E-state index is -4.44. The van der Waals surface area contributed by atoms with Crippen molar-refractivity contribution in [3.05, 3.63) is 77.4 Å². The van der Waals surface area contributed by atoms with Crippen molar-refractivity contribution in [2.75, 3.05) is 5.32 Å². The van der Waals surface area contributed by atoms with Crippen molar-refractivity contribution in [2.24, 2.45) is 0 Å². The van der Waals surface area contributed by atoms with Crippen molar-refractivity contribution >= 4 is 17.4 Å². The molecule has 0 radical (unpaired) electrons. The number of fused-ring (bicyclic) bond motifs is 1. The van der Waals surface area contributed by atoms with E-state index in [0.717, 1.165) is 12.1 Å². The minimum Gasteiger partial charge on any atom is -0.319 e. The zero-order chi connectivity index (χ0) is 21.5. The predicted molar refractivity (Wildman–Crippen MR) is 102 cm³/mol. The van der Waals surface area contributed by atoms with Crippen LogP contribution in [0.1, 0.15) is 57.3 Å². The Kier molecular flexibility index (Phi) is 4.89. The summed E-state index contributed by atoms with van der Waals surface area (Å²) in [6, 6.07) is 7.54. The number of pyridine rings is 1. The largest absolute Gasteiger partial charge is 0.416 e. The van der Waals surface area contributed by atoms with Gasteiger partial charge in [-0.1, -0.05) is 12.1 Å². The molecular weight excluding hydrogens is 397 g/mol. The van der Waals surface area contributed by atoms with E-state index in [1.165, 1.54) is 30.7 Å². The maximum atomic E-state index is 13.2. The monoisotopic (exact) mass is 414 g/mol. The molecule has 1 amide bonds. The van der Waals surface area contributed by atoms with Gasteiger partial charge in [0.25, 0.3) is 5.91 Å². The molecule has 0 saturated heterocycles. The average molecular weight is 414 g/mol. The lowest BCUT2D eigenvalue weighted by atomic mass is 9.84. The van der Waals surface area contributed by atoms with Gasteiger partial charge in [-0.2, -0.15) is 18.3 Å². The standard InChI is InChI=1S/C21H17F3N4O2/c1-12-10-16(13-2-4-15(5-3-13)21(22,23)24)19(29)18-17(11-26-28(12)18)27-20(30)14-6-8-25-9-7-14/h2-9,11-12,16H,10H2,1H3,(H,27,30)/t12-,16?/m0/s1. The second-order valence-corrected chi connectivity index (χ2v) is 7.16. The molecule has 0 saturated carbocycles. The maximum absolute atomic E-state index is 13.2. The van der Waals surface area contributed by atoms with E-state index in [0.29, 0.717) is 17.5 Å². The summed E-state index contributed by atoms with van der Waals surface area (Å²) in [5.41, 5.74) is 0.614. The van der Waals surface area contributed by atoms with Crippen LogP contribution in [0.3, 0.4) is 0 Å². The molecule has 3 heterocycles. The van der Waals surface area contributed by atoms with Gasteiger partial charge in [-0.15, -0.1) is 0 Å². The highest BCUT2D eigenvalue weighted by Crippen LogP contribution is 2.39. The number of hydrogen-bond donors (Lipinski definition) is 1. The number of ketones is 1. The predicted octanol–water partition coefficient (Wildman–Crippen LogP) is 4.48. The summed E-state index contributed by atoms with van der Waals surface area (Å²) in [4.78, 5) is 29.5. The van der Waals surface area contributed by atoms with Gasteiger partial charge in [0.15, 0.2) is 5.78 Å². The van der Waals surface area contributed by atoms with Crippen LogP contribution in [0, 0.1) is 0 Å². The number of benzene rings is 1. The first-order valence-electron chi connectivity index (χ1n) is 9.26. The van der Waals surface area contributed by atoms with E-state index in [1.54, 1.807) is 16.8 Å². The molecule has 0 aliphatic carbocycles. The first-order valence-corrected chi connectivity index (χ1v) is 9.26. The Morgan fingerprint density at radius 2 is 1.80 bits per heavy atom. The molecule has 1 aliphatic rings. The number of carbonyl (C=O) groups excluding carboxylic acids is 2. The Labute approximate surface area is 169 Å². The van der Waals surface area contributed by atoms with Gasteiger partial charge in [-0.05, 0) is 43.2 Å². The van der Waals surface area contributed by atoms with Crippen LogP contribution in [0.25, 0.3) is 0 Å². The van der Waals surface area contributed by atoms with E-state index in [4.69, 9.17) is 0 Å². The Bertz CT molecular complexity index is 1090. The molecular formula is C21H17F3N4O2. The molecule has 1 aromatic carbocycles. The SMILES string of the molecule is C[C@H]1CC(c2ccc(C(F)(F)F)cc2)C(=O)c2c(NC(=O)c3ccncc3)cnn21. The lowest BCUT2D eigenvalue weighted by Gasteiger charge is -2.28. The molecule has 3 aromatic rings. The van der Waals surface area contributed by atoms with Crippen LogP contribution in [0.5, 0.6) is 0 Å². The second kappa shape index (κ2) is 7.40. The number of amides is 1. The fourth-order valence-electron chi connectivity index (χ4n) is 3.64. The van der Waals surface area contributed by atoms with Gasteiger partial charge in [0.2, 0.25) is 0 Å². The summed E-state index contributed by atoms with van der Waals surface area (Å²) in [6.45, 7) is 1.87. The molecule has 1 N–H and O–H groups in total. The molecule has 154 valence electrons. The van der Waals surface area contributed by atoms with Gasteiger partial charge in [0, 0.05) is 18.0 Å². The van der Waals surface area contributed by atoms with Crippen LogP contribution < -0.4 is 5.32 Å². The topological polar surface area (TPSA) is 76.9 Å². The van der Waals surface area contributed by atoms with Crippen LogP contribution in [-0.4, -0.2) is 26.5 Å². The highest BCUT2D eigenvalue weighted by molar-refractivity contribution is 6.10. The van der Waals surface area contributed by atoms with Crippen molar-refractivity contribution in [1.29, 1.82) is 0 Å². The van der Waals surface area contributed by atoms with Crippen LogP contribution >= 0.6 is 0 Å². The fraction of sp³-hybridized carbons (Fsp3) is 0.238. The minimum absolute atomic E-state index is 0.170. The Hall–Kier alpha value is -3.49. The Balaban J connectivity index is 1.63. The van der Waals surface area contributed by atoms with Crippen LogP contribution in [-0.2, 0) is 6.18 Å². The van der Waals surface area contributed by atoms with Crippen molar-refractivity contribution in [2.45, 2.75) is 31.5 Å². The van der Waals surface area contributed by atoms with Crippen molar-refractivity contribution < 1.29 is 22.8 Å². The highest BCUT2D eigenvalue weighted by Gasteiger charge is 2.37. The smallest absolute Gasteiger partial charge is 0.319 e. The maximum Gasteiger partial charge on any atom is 0.416 e. The normalized spacial score (nSPS) is 18.7. The number of nitrogens with zero attached hydrogens (tertiary/aromatic N) is 3. The van der Waals surface area contributed by atoms with Gasteiger partial charge in [-0.25, -0.2) is 0 Å². The van der Waals surface area contributed by atoms with E-state index in [1.807, 2.05) is 6.92 Å². The number of halogens is 3. The molecule has 2 aromatic heterocycles. The molecule has 30 heavy (non-hydrogen) atoms. The molecule has 9 heteroatoms. The number of anilines is 1. The molecule has 1 unspecified atom stereocenters. The third-order valence-corrected chi connectivity index (χ3v) is 5.17. The summed E-state index contributed by atoms with van der Waals surface area (Å²) in [5, 5.41) is 6.93. The first-order chi connectivity index (χ1) is 14.3. The van der Waals surface area contributed by atoms with Crippen LogP contribution in [0.15, 0.2) is 55.0 Å². The van der Waals surface area contributed by atoms with E-state index in [2.05, 4.69) is 15.4 Å². The fourth-order valence-corrected chi connectivity index (χ4v) is 3.64. The quantitative estimate of drug-likeness (QED) is 0.686. The van der Waals surface area contributed by atoms with Gasteiger partial charge in [0.05, 0.1) is 29.4 Å². The molecule has 0 fully saturated rings. The van der Waals surface area contributed by atoms with Gasteiger partial charge < -0.3 is 5.32 Å². The first kappa shape index (κ1) is 19.8. The lowest BCUT2D eigenvalue weighted by molar-refractivity contribution is -0.137. The number of nitrogens with one attached hydrogen (secondary N) is 1. The van der Waals surface area contributed by atoms with Crippen LogP contribution in [0.4, 0.5) is 18.9 Å². The molecule has 0 spiro atoms. The Morgan fingerprint density at radius 3 is 2.43 bits per heavy atom. The number of aromatic nitrogens is 3. The van der Waals surface area contributed by atoms with Gasteiger partial charge in [0.1, 0.15) is 5.69 Å². The van der Waals surface area contributed by atoms with Gasteiger partial charge in [-0.3, -0.25) is 19.3 Å². The second-order valence-electron chi connectivity index (χ2n) is 7.16. The summed E-state index contributed by atoms with van der Waals surface area (Å²) in [5.74, 6) is -1.33. The molecule has 4 rings (SSSR count). The summed E-state index contributed by atoms with van der Waals surface area (Å²) in [7, 11) is 0. The molecule has 2 atom stereocenters. The number of Topliss-reactive ketones (excluding diaryl/α,β-unsaturated/α-hetero) is 1. The molecule has 6 nitrogen and oxygen atoms in total. The van der Waals surface area contributed by atoms with Crippen molar-refractivity contribution in [3.63, 3.8) is 0 Å². The number of hydrogen-bond acceptors (Lipinski definition) is 4. The number of alkyl halides is 3. The van der Waals surface area contributed by atoms with E-state index < -0.39 is 23.6 Å². The Morgan fingerprint density at radius 1 is 1.13 bits per heavy atom. The number of rotatable bonds is 3. The third-order valence-electron chi connectivity index (χ3n) is 5.17. The van der Waals surface area contributed by atoms with E-state index in [9.17, 15) is 22.8 Å². The van der Waals surface area contributed by atoms with Crippen molar-refractivity contribution in [1.82, 2.24) is 14.8 Å². The average Bonchev–Trinajstić information content (AvgIpc) is 3.15. The van der Waals surface area contributed by atoms with E-state index >= 15 is 0 Å².